The molecule has 2 aliphatic heterocycles. The van der Waals surface area contributed by atoms with Crippen LogP contribution in [0, 0.1) is 0 Å². The van der Waals surface area contributed by atoms with Crippen molar-refractivity contribution < 1.29 is 19.7 Å². The zero-order valence-electron chi connectivity index (χ0n) is 10.8. The second-order valence-electron chi connectivity index (χ2n) is 5.19. The summed E-state index contributed by atoms with van der Waals surface area (Å²) in [4.78, 5) is 22.2. The van der Waals surface area contributed by atoms with E-state index in [2.05, 4.69) is 15.0 Å². The molecule has 2 fully saturated rings. The Morgan fingerprint density at radius 1 is 1.48 bits per heavy atom. The lowest BCUT2D eigenvalue weighted by Crippen LogP contribution is -2.43. The van der Waals surface area contributed by atoms with E-state index in [1.807, 2.05) is 0 Å². The number of hydrogen-bond donors (Lipinski definition) is 4. The van der Waals surface area contributed by atoms with Crippen LogP contribution in [0.2, 0.25) is 0 Å². The summed E-state index contributed by atoms with van der Waals surface area (Å²) in [5.74, 6) is -0.0314. The van der Waals surface area contributed by atoms with Gasteiger partial charge in [0.1, 0.15) is 17.8 Å². The van der Waals surface area contributed by atoms with Crippen LogP contribution in [0.25, 0.3) is 11.2 Å². The second kappa shape index (κ2) is 4.01. The first-order chi connectivity index (χ1) is 10.1. The molecule has 0 spiro atoms. The Morgan fingerprint density at radius 3 is 2.90 bits per heavy atom. The van der Waals surface area contributed by atoms with Crippen LogP contribution in [0.1, 0.15) is 6.23 Å². The van der Waals surface area contributed by atoms with Crippen LogP contribution in [0.4, 0.5) is 5.95 Å². The number of aliphatic hydroxyl groups is 2. The molecule has 0 bridgehead atoms. The van der Waals surface area contributed by atoms with Gasteiger partial charge in [0.05, 0.1) is 19.5 Å². The van der Waals surface area contributed by atoms with E-state index in [0.717, 1.165) is 0 Å². The fourth-order valence-corrected chi connectivity index (χ4v) is 2.79. The summed E-state index contributed by atoms with van der Waals surface area (Å²) in [5, 5.41) is 18.9. The average molecular weight is 295 g/mol. The van der Waals surface area contributed by atoms with Crippen LogP contribution in [-0.4, -0.2) is 60.8 Å². The van der Waals surface area contributed by atoms with E-state index < -0.39 is 23.5 Å². The normalized spacial score (nSPS) is 29.7. The monoisotopic (exact) mass is 295 g/mol. The van der Waals surface area contributed by atoms with Crippen molar-refractivity contribution in [2.45, 2.75) is 24.0 Å². The number of aromatic nitrogens is 4. The summed E-state index contributed by atoms with van der Waals surface area (Å²) in [6, 6.07) is 0. The summed E-state index contributed by atoms with van der Waals surface area (Å²) in [6.07, 6.45) is 0.0481. The van der Waals surface area contributed by atoms with Crippen molar-refractivity contribution in [1.82, 2.24) is 19.5 Å². The molecule has 0 aromatic carbocycles. The van der Waals surface area contributed by atoms with E-state index >= 15 is 0 Å². The van der Waals surface area contributed by atoms with E-state index in [0.29, 0.717) is 0 Å². The van der Waals surface area contributed by atoms with E-state index in [-0.39, 0.29) is 36.4 Å². The van der Waals surface area contributed by atoms with Gasteiger partial charge in [0, 0.05) is 0 Å². The standard InChI is InChI=1S/C11H13N5O5/c12-10-14-7-4(8(19)15-10)13-3-16(7)9-5-6(20-5)11(1-17,2-18)21-9/h3,5-6,9,17-18H,1-2H2,(H3,12,14,15,19)/t5-,6+,9-/m1/s1. The molecular weight excluding hydrogens is 282 g/mol. The number of aromatic amines is 1. The molecule has 112 valence electrons. The predicted molar refractivity (Wildman–Crippen MR) is 68.2 cm³/mol. The van der Waals surface area contributed by atoms with Crippen molar-refractivity contribution in [2.75, 3.05) is 18.9 Å². The number of ether oxygens (including phenoxy) is 2. The van der Waals surface area contributed by atoms with Crippen molar-refractivity contribution in [2.24, 2.45) is 0 Å². The minimum Gasteiger partial charge on any atom is -0.393 e. The molecule has 0 amide bonds. The number of epoxide rings is 1. The Labute approximate surface area is 117 Å². The first-order valence-electron chi connectivity index (χ1n) is 6.37. The number of anilines is 1. The maximum atomic E-state index is 11.8. The van der Waals surface area contributed by atoms with Crippen molar-refractivity contribution in [3.05, 3.63) is 16.7 Å². The van der Waals surface area contributed by atoms with Crippen LogP contribution in [0.15, 0.2) is 11.1 Å². The molecule has 0 radical (unpaired) electrons. The van der Waals surface area contributed by atoms with Gasteiger partial charge in [-0.05, 0) is 0 Å². The lowest BCUT2D eigenvalue weighted by Gasteiger charge is -2.27. The number of nitrogens with zero attached hydrogens (tertiary/aromatic N) is 3. The number of nitrogen functional groups attached to an aromatic ring is 1. The Kier molecular flexibility index (Phi) is 2.43. The molecule has 2 aromatic rings. The van der Waals surface area contributed by atoms with E-state index in [4.69, 9.17) is 15.2 Å². The zero-order valence-corrected chi connectivity index (χ0v) is 10.8. The van der Waals surface area contributed by atoms with Crippen LogP contribution < -0.4 is 11.3 Å². The van der Waals surface area contributed by atoms with E-state index in [1.165, 1.54) is 10.9 Å². The summed E-state index contributed by atoms with van der Waals surface area (Å²) in [6.45, 7) is -0.742. The van der Waals surface area contributed by atoms with Gasteiger partial charge < -0.3 is 25.4 Å². The molecule has 0 unspecified atom stereocenters. The molecule has 0 saturated carbocycles. The Morgan fingerprint density at radius 2 is 2.24 bits per heavy atom. The third-order valence-electron chi connectivity index (χ3n) is 3.94. The summed E-state index contributed by atoms with van der Waals surface area (Å²) in [7, 11) is 0. The van der Waals surface area contributed by atoms with Crippen molar-refractivity contribution in [3.63, 3.8) is 0 Å². The third-order valence-corrected chi connectivity index (χ3v) is 3.94. The van der Waals surface area contributed by atoms with Gasteiger partial charge in [-0.2, -0.15) is 4.98 Å². The highest BCUT2D eigenvalue weighted by Crippen LogP contribution is 2.50. The number of imidazole rings is 1. The molecule has 5 N–H and O–H groups in total. The van der Waals surface area contributed by atoms with Crippen molar-refractivity contribution in [3.8, 4) is 0 Å². The van der Waals surface area contributed by atoms with Crippen LogP contribution in [0.5, 0.6) is 0 Å². The van der Waals surface area contributed by atoms with Gasteiger partial charge in [-0.25, -0.2) is 4.98 Å². The Bertz CT molecular complexity index is 766. The van der Waals surface area contributed by atoms with Gasteiger partial charge in [0.15, 0.2) is 17.4 Å². The average Bonchev–Trinajstić information content (AvgIpc) is 3.04. The highest BCUT2D eigenvalue weighted by Gasteiger charge is 2.67. The van der Waals surface area contributed by atoms with Gasteiger partial charge in [0.2, 0.25) is 5.95 Å². The quantitative estimate of drug-likeness (QED) is 0.462. The molecule has 21 heavy (non-hydrogen) atoms. The van der Waals surface area contributed by atoms with Gasteiger partial charge in [-0.15, -0.1) is 0 Å². The van der Waals surface area contributed by atoms with E-state index in [1.54, 1.807) is 0 Å². The van der Waals surface area contributed by atoms with Crippen molar-refractivity contribution in [1.29, 1.82) is 0 Å². The summed E-state index contributed by atoms with van der Waals surface area (Å²) in [5.41, 5.74) is 4.34. The molecule has 10 heteroatoms. The largest absolute Gasteiger partial charge is 0.393 e. The van der Waals surface area contributed by atoms with Crippen LogP contribution >= 0.6 is 0 Å². The second-order valence-corrected chi connectivity index (χ2v) is 5.19. The number of nitrogens with two attached hydrogens (primary N) is 1. The van der Waals surface area contributed by atoms with Gasteiger partial charge in [-0.3, -0.25) is 14.3 Å². The first-order valence-corrected chi connectivity index (χ1v) is 6.37. The lowest BCUT2D eigenvalue weighted by atomic mass is 10.0. The fourth-order valence-electron chi connectivity index (χ4n) is 2.79. The number of fused-ring (bicyclic) bond motifs is 2. The summed E-state index contributed by atoms with van der Waals surface area (Å²) >= 11 is 0. The highest BCUT2D eigenvalue weighted by molar-refractivity contribution is 5.70. The topological polar surface area (TPSA) is 152 Å². The number of nitrogens with one attached hydrogen (secondary N) is 1. The molecule has 4 rings (SSSR count). The number of hydrogen-bond acceptors (Lipinski definition) is 8. The maximum absolute atomic E-state index is 11.8. The third kappa shape index (κ3) is 1.58. The molecule has 10 nitrogen and oxygen atoms in total. The number of rotatable bonds is 3. The number of aliphatic hydroxyl groups excluding tert-OH is 2. The molecule has 4 heterocycles. The lowest BCUT2D eigenvalue weighted by molar-refractivity contribution is -0.168. The SMILES string of the molecule is Nc1nc2c(ncn2[C@@H]2OC(CO)(CO)[C@H]3O[C@@H]23)c(=O)[nH]1. The maximum Gasteiger partial charge on any atom is 0.280 e. The molecular formula is C11H13N5O5. The van der Waals surface area contributed by atoms with Crippen LogP contribution in [0.3, 0.4) is 0 Å². The highest BCUT2D eigenvalue weighted by atomic mass is 16.7. The van der Waals surface area contributed by atoms with Gasteiger partial charge >= 0.3 is 0 Å². The molecule has 2 aliphatic rings. The van der Waals surface area contributed by atoms with Crippen molar-refractivity contribution >= 4 is 17.1 Å². The van der Waals surface area contributed by atoms with Gasteiger partial charge in [-0.1, -0.05) is 0 Å². The van der Waals surface area contributed by atoms with E-state index in [9.17, 15) is 15.0 Å². The molecule has 3 atom stereocenters. The van der Waals surface area contributed by atoms with Gasteiger partial charge in [0.25, 0.3) is 5.56 Å². The first kappa shape index (κ1) is 12.7. The summed E-state index contributed by atoms with van der Waals surface area (Å²) < 4.78 is 12.7. The Hall–Kier alpha value is -2.01. The fraction of sp³-hybridized carbons (Fsp3) is 0.545. The minimum absolute atomic E-state index is 0.0314. The molecule has 0 aliphatic carbocycles. The number of H-pyrrole nitrogens is 1. The smallest absolute Gasteiger partial charge is 0.280 e. The van der Waals surface area contributed by atoms with Crippen LogP contribution in [-0.2, 0) is 9.47 Å². The molecule has 2 aromatic heterocycles. The predicted octanol–water partition coefficient (Wildman–Crippen LogP) is -2.28. The minimum atomic E-state index is -1.15. The zero-order chi connectivity index (χ0) is 14.8. The molecule has 2 saturated heterocycles. The Balaban J connectivity index is 1.81.